The van der Waals surface area contributed by atoms with E-state index in [-0.39, 0.29) is 5.56 Å². The van der Waals surface area contributed by atoms with Gasteiger partial charge in [0.25, 0.3) is 16.7 Å². The minimum Gasteiger partial charge on any atom is -0.465 e. The molecule has 2 aromatic carbocycles. The molecule has 0 atom stereocenters. The third kappa shape index (κ3) is 3.57. The van der Waals surface area contributed by atoms with Crippen LogP contribution >= 0.6 is 11.8 Å². The summed E-state index contributed by atoms with van der Waals surface area (Å²) in [7, 11) is 1.30. The molecule has 0 saturated heterocycles. The molecule has 0 bridgehead atoms. The Balaban J connectivity index is 1.38. The normalized spacial score (nSPS) is 11.3. The van der Waals surface area contributed by atoms with Crippen molar-refractivity contribution in [3.63, 3.8) is 0 Å². The van der Waals surface area contributed by atoms with Crippen LogP contribution in [-0.2, 0) is 10.5 Å². The van der Waals surface area contributed by atoms with Crippen LogP contribution in [0.25, 0.3) is 33.3 Å². The van der Waals surface area contributed by atoms with E-state index in [1.54, 1.807) is 6.07 Å². The average molecular weight is 433 g/mol. The summed E-state index contributed by atoms with van der Waals surface area (Å²) in [6, 6.07) is 12.5. The summed E-state index contributed by atoms with van der Waals surface area (Å²) in [6.45, 7) is 0. The topological polar surface area (TPSA) is 127 Å². The molecule has 0 saturated carbocycles. The van der Waals surface area contributed by atoms with Crippen molar-refractivity contribution in [2.75, 3.05) is 7.11 Å². The van der Waals surface area contributed by atoms with E-state index in [9.17, 15) is 9.59 Å². The first-order valence-electron chi connectivity index (χ1n) is 9.26. The number of benzene rings is 2. The van der Waals surface area contributed by atoms with Gasteiger partial charge in [-0.05, 0) is 24.3 Å². The van der Waals surface area contributed by atoms with Crippen molar-refractivity contribution in [3.05, 3.63) is 70.4 Å². The lowest BCUT2D eigenvalue weighted by Crippen LogP contribution is -2.12. The van der Waals surface area contributed by atoms with Crippen LogP contribution in [0.2, 0.25) is 0 Å². The summed E-state index contributed by atoms with van der Waals surface area (Å²) in [5, 5.41) is 9.94. The molecule has 5 aromatic rings. The van der Waals surface area contributed by atoms with Crippen LogP contribution < -0.4 is 5.56 Å². The fourth-order valence-electron chi connectivity index (χ4n) is 3.26. The van der Waals surface area contributed by atoms with Crippen molar-refractivity contribution in [2.45, 2.75) is 11.0 Å². The number of para-hydroxylation sites is 1. The molecule has 0 unspecified atom stereocenters. The Bertz CT molecular complexity index is 1490. The summed E-state index contributed by atoms with van der Waals surface area (Å²) >= 11 is 1.25. The van der Waals surface area contributed by atoms with Crippen LogP contribution in [0.5, 0.6) is 0 Å². The van der Waals surface area contributed by atoms with Crippen LogP contribution in [0.4, 0.5) is 0 Å². The lowest BCUT2D eigenvalue weighted by molar-refractivity contribution is 0.0601. The molecule has 0 amide bonds. The average Bonchev–Trinajstić information content (AvgIpc) is 3.43. The first-order valence-corrected chi connectivity index (χ1v) is 10.2. The minimum atomic E-state index is -0.490. The highest BCUT2D eigenvalue weighted by Gasteiger charge is 2.15. The fourth-order valence-corrected chi connectivity index (χ4v) is 3.89. The van der Waals surface area contributed by atoms with Gasteiger partial charge in [-0.1, -0.05) is 30.0 Å². The maximum atomic E-state index is 12.4. The summed E-state index contributed by atoms with van der Waals surface area (Å²) in [6.07, 6.45) is 1.83. The summed E-state index contributed by atoms with van der Waals surface area (Å²) in [5.74, 6) is 0.651. The summed E-state index contributed by atoms with van der Waals surface area (Å²) in [4.78, 5) is 34.5. The van der Waals surface area contributed by atoms with Crippen molar-refractivity contribution in [2.24, 2.45) is 0 Å². The molecule has 0 aliphatic rings. The number of carbonyl (C=O) groups excluding carboxylic acids is 1. The number of nitrogens with one attached hydrogen (secondary N) is 2. The SMILES string of the molecule is COC(=O)c1ccc2c(=O)[nH]c(CSc3nnc(-c4c[nH]c5ccccc45)o3)nc2c1. The lowest BCUT2D eigenvalue weighted by atomic mass is 10.1. The Labute approximate surface area is 178 Å². The first kappa shape index (κ1) is 19.1. The predicted octanol–water partition coefficient (Wildman–Crippen LogP) is 3.53. The number of thioether (sulfide) groups is 1. The second kappa shape index (κ2) is 7.73. The summed E-state index contributed by atoms with van der Waals surface area (Å²) in [5.41, 5.74) is 2.25. The van der Waals surface area contributed by atoms with Gasteiger partial charge in [0, 0.05) is 17.1 Å². The van der Waals surface area contributed by atoms with E-state index in [2.05, 4.69) is 25.1 Å². The van der Waals surface area contributed by atoms with E-state index in [0.717, 1.165) is 16.5 Å². The number of methoxy groups -OCH3 is 1. The fraction of sp³-hybridized carbons (Fsp3) is 0.0952. The molecule has 0 spiro atoms. The van der Waals surface area contributed by atoms with E-state index in [1.807, 2.05) is 30.5 Å². The van der Waals surface area contributed by atoms with Gasteiger partial charge < -0.3 is 19.1 Å². The smallest absolute Gasteiger partial charge is 0.337 e. The summed E-state index contributed by atoms with van der Waals surface area (Å²) < 4.78 is 10.5. The highest BCUT2D eigenvalue weighted by Crippen LogP contribution is 2.30. The number of ether oxygens (including phenoxy) is 1. The molecule has 0 aliphatic heterocycles. The standard InChI is InChI=1S/C21H15N5O4S/c1-29-20(28)11-6-7-13-16(8-11)23-17(24-18(13)27)10-31-21-26-25-19(30-21)14-9-22-15-5-3-2-4-12(14)15/h2-9,22H,10H2,1H3,(H,23,24,27). The van der Waals surface area contributed by atoms with Crippen molar-refractivity contribution < 1.29 is 13.9 Å². The lowest BCUT2D eigenvalue weighted by Gasteiger charge is -2.03. The van der Waals surface area contributed by atoms with Gasteiger partial charge in [-0.15, -0.1) is 10.2 Å². The third-order valence-corrected chi connectivity index (χ3v) is 5.56. The Morgan fingerprint density at radius 1 is 1.16 bits per heavy atom. The monoisotopic (exact) mass is 433 g/mol. The maximum Gasteiger partial charge on any atom is 0.337 e. The van der Waals surface area contributed by atoms with E-state index < -0.39 is 5.97 Å². The number of esters is 1. The Morgan fingerprint density at radius 3 is 2.90 bits per heavy atom. The van der Waals surface area contributed by atoms with Crippen LogP contribution in [0.3, 0.4) is 0 Å². The molecule has 0 fully saturated rings. The molecule has 31 heavy (non-hydrogen) atoms. The number of carbonyl (C=O) groups is 1. The molecule has 9 nitrogen and oxygen atoms in total. The van der Waals surface area contributed by atoms with Crippen LogP contribution in [0.1, 0.15) is 16.2 Å². The number of H-pyrrole nitrogens is 2. The second-order valence-electron chi connectivity index (χ2n) is 6.65. The Kier molecular flexibility index (Phi) is 4.75. The molecule has 0 radical (unpaired) electrons. The van der Waals surface area contributed by atoms with Gasteiger partial charge in [-0.25, -0.2) is 9.78 Å². The number of aromatic nitrogens is 5. The Morgan fingerprint density at radius 2 is 2.03 bits per heavy atom. The van der Waals surface area contributed by atoms with E-state index in [0.29, 0.717) is 39.2 Å². The van der Waals surface area contributed by atoms with Gasteiger partial charge in [0.15, 0.2) is 0 Å². The zero-order valence-corrected chi connectivity index (χ0v) is 17.0. The molecule has 0 aliphatic carbocycles. The van der Waals surface area contributed by atoms with Gasteiger partial charge >= 0.3 is 5.97 Å². The van der Waals surface area contributed by atoms with E-state index in [4.69, 9.17) is 9.15 Å². The van der Waals surface area contributed by atoms with Gasteiger partial charge in [0.05, 0.1) is 34.9 Å². The minimum absolute atomic E-state index is 0.290. The van der Waals surface area contributed by atoms with Crippen LogP contribution in [0, 0.1) is 0 Å². The van der Waals surface area contributed by atoms with Gasteiger partial charge in [-0.2, -0.15) is 0 Å². The molecule has 2 N–H and O–H groups in total. The number of hydrogen-bond acceptors (Lipinski definition) is 8. The van der Waals surface area contributed by atoms with Crippen molar-refractivity contribution in [1.29, 1.82) is 0 Å². The molecular weight excluding hydrogens is 418 g/mol. The third-order valence-electron chi connectivity index (χ3n) is 4.74. The molecule has 10 heteroatoms. The largest absolute Gasteiger partial charge is 0.465 e. The van der Waals surface area contributed by atoms with Crippen LogP contribution in [0.15, 0.2) is 63.1 Å². The quantitative estimate of drug-likeness (QED) is 0.318. The number of fused-ring (bicyclic) bond motifs is 2. The van der Waals surface area contributed by atoms with Gasteiger partial charge in [0.1, 0.15) is 5.82 Å². The van der Waals surface area contributed by atoms with Crippen molar-refractivity contribution in [1.82, 2.24) is 25.1 Å². The number of hydrogen-bond donors (Lipinski definition) is 2. The van der Waals surface area contributed by atoms with Crippen molar-refractivity contribution in [3.8, 4) is 11.5 Å². The Hall–Kier alpha value is -3.92. The highest BCUT2D eigenvalue weighted by atomic mass is 32.2. The molecular formula is C21H15N5O4S. The zero-order valence-electron chi connectivity index (χ0n) is 16.2. The highest BCUT2D eigenvalue weighted by molar-refractivity contribution is 7.98. The van der Waals surface area contributed by atoms with Crippen molar-refractivity contribution >= 4 is 39.5 Å². The van der Waals surface area contributed by atoms with Gasteiger partial charge in [-0.3, -0.25) is 4.79 Å². The van der Waals surface area contributed by atoms with E-state index in [1.165, 1.54) is 31.0 Å². The van der Waals surface area contributed by atoms with Gasteiger partial charge in [0.2, 0.25) is 0 Å². The number of nitrogens with zero attached hydrogens (tertiary/aromatic N) is 3. The molecule has 3 aromatic heterocycles. The van der Waals surface area contributed by atoms with Crippen LogP contribution in [-0.4, -0.2) is 38.2 Å². The second-order valence-corrected chi connectivity index (χ2v) is 7.57. The first-order chi connectivity index (χ1) is 15.1. The van der Waals surface area contributed by atoms with E-state index >= 15 is 0 Å². The zero-order chi connectivity index (χ0) is 21.4. The predicted molar refractivity (Wildman–Crippen MR) is 115 cm³/mol. The molecule has 154 valence electrons. The molecule has 3 heterocycles. The molecule has 5 rings (SSSR count). The maximum absolute atomic E-state index is 12.4. The number of aromatic amines is 2. The number of rotatable bonds is 5.